The fourth-order valence-electron chi connectivity index (χ4n) is 0.969. The molecule has 0 bridgehead atoms. The smallest absolute Gasteiger partial charge is 0.00683 e. The van der Waals surface area contributed by atoms with Gasteiger partial charge in [-0.05, 0) is 32.2 Å². The van der Waals surface area contributed by atoms with Gasteiger partial charge in [0.05, 0.1) is 0 Å². The summed E-state index contributed by atoms with van der Waals surface area (Å²) in [4.78, 5) is 0. The fourth-order valence-corrected chi connectivity index (χ4v) is 0.969. The molecule has 0 saturated heterocycles. The van der Waals surface area contributed by atoms with Crippen molar-refractivity contribution in [3.63, 3.8) is 0 Å². The number of hydrogen-bond donors (Lipinski definition) is 1. The van der Waals surface area contributed by atoms with E-state index in [1.54, 1.807) is 0 Å². The highest BCUT2D eigenvalue weighted by molar-refractivity contribution is 4.89. The zero-order chi connectivity index (χ0) is 7.94. The van der Waals surface area contributed by atoms with Gasteiger partial charge in [-0.2, -0.15) is 0 Å². The number of hydrogen-bond acceptors (Lipinski definition) is 1. The molecule has 1 aliphatic carbocycles. The first kappa shape index (κ1) is 8.54. The van der Waals surface area contributed by atoms with Crippen molar-refractivity contribution in [3.05, 3.63) is 24.8 Å². The van der Waals surface area contributed by atoms with Gasteiger partial charge >= 0.3 is 0 Å². The van der Waals surface area contributed by atoms with E-state index in [1.807, 2.05) is 6.08 Å². The maximum Gasteiger partial charge on any atom is 0.00683 e. The number of rotatable bonds is 6. The summed E-state index contributed by atoms with van der Waals surface area (Å²) in [5, 5.41) is 3.46. The van der Waals surface area contributed by atoms with Gasteiger partial charge in [0.1, 0.15) is 0 Å². The van der Waals surface area contributed by atoms with Crippen molar-refractivity contribution in [2.45, 2.75) is 31.7 Å². The predicted molar refractivity (Wildman–Crippen MR) is 49.6 cm³/mol. The summed E-state index contributed by atoms with van der Waals surface area (Å²) < 4.78 is 0. The molecular formula is C10H17N. The van der Waals surface area contributed by atoms with Crippen molar-refractivity contribution in [1.82, 2.24) is 5.32 Å². The highest BCUT2D eigenvalue weighted by atomic mass is 14.9. The van der Waals surface area contributed by atoms with E-state index < -0.39 is 0 Å². The molecule has 0 aromatic carbocycles. The largest absolute Gasteiger partial charge is 0.314 e. The van der Waals surface area contributed by atoms with Crippen LogP contribution in [-0.4, -0.2) is 12.6 Å². The summed E-state index contributed by atoms with van der Waals surface area (Å²) >= 11 is 0. The Bertz CT molecular complexity index is 134. The van der Waals surface area contributed by atoms with E-state index in [0.717, 1.165) is 25.4 Å². The molecule has 0 spiro atoms. The van der Waals surface area contributed by atoms with Crippen molar-refractivity contribution < 1.29 is 0 Å². The molecule has 0 aromatic rings. The number of allylic oxidation sites excluding steroid dienone is 2. The van der Waals surface area contributed by atoms with Crippen LogP contribution in [0.1, 0.15) is 25.7 Å². The molecule has 0 aromatic heterocycles. The molecule has 1 nitrogen and oxygen atoms in total. The molecule has 11 heavy (non-hydrogen) atoms. The van der Waals surface area contributed by atoms with Gasteiger partial charge in [0.15, 0.2) is 0 Å². The van der Waals surface area contributed by atoms with Gasteiger partial charge in [-0.3, -0.25) is 0 Å². The topological polar surface area (TPSA) is 12.0 Å². The molecule has 1 saturated carbocycles. The molecule has 1 fully saturated rings. The zero-order valence-corrected chi connectivity index (χ0v) is 7.05. The van der Waals surface area contributed by atoms with E-state index in [9.17, 15) is 0 Å². The molecular weight excluding hydrogens is 134 g/mol. The molecule has 0 aliphatic heterocycles. The lowest BCUT2D eigenvalue weighted by molar-refractivity contribution is 0.690. The standard InChI is InChI=1S/C10H17N/c1-2-3-4-5-6-9-11-10-7-8-10/h2,4-5,10-11H,1,3,6-9H2. The van der Waals surface area contributed by atoms with Crippen molar-refractivity contribution in [3.8, 4) is 0 Å². The summed E-state index contributed by atoms with van der Waals surface area (Å²) in [5.74, 6) is 0. The Morgan fingerprint density at radius 3 is 2.82 bits per heavy atom. The fraction of sp³-hybridized carbons (Fsp3) is 0.600. The average molecular weight is 151 g/mol. The van der Waals surface area contributed by atoms with E-state index in [1.165, 1.54) is 12.8 Å². The normalized spacial score (nSPS) is 17.5. The van der Waals surface area contributed by atoms with E-state index in [4.69, 9.17) is 0 Å². The maximum absolute atomic E-state index is 3.65. The zero-order valence-electron chi connectivity index (χ0n) is 7.05. The lowest BCUT2D eigenvalue weighted by Crippen LogP contribution is -2.16. The van der Waals surface area contributed by atoms with E-state index in [0.29, 0.717) is 0 Å². The van der Waals surface area contributed by atoms with Crippen LogP contribution >= 0.6 is 0 Å². The van der Waals surface area contributed by atoms with Crippen molar-refractivity contribution in [2.24, 2.45) is 0 Å². The Labute approximate surface area is 69.2 Å². The quantitative estimate of drug-likeness (QED) is 0.453. The van der Waals surface area contributed by atoms with Crippen molar-refractivity contribution in [1.29, 1.82) is 0 Å². The predicted octanol–water partition coefficient (Wildman–Crippen LogP) is 2.26. The molecule has 0 radical (unpaired) electrons. The van der Waals surface area contributed by atoms with Gasteiger partial charge in [-0.25, -0.2) is 0 Å². The first-order valence-corrected chi connectivity index (χ1v) is 4.43. The molecule has 62 valence electrons. The molecule has 1 heteroatoms. The number of nitrogens with one attached hydrogen (secondary N) is 1. The molecule has 1 N–H and O–H groups in total. The highest BCUT2D eigenvalue weighted by Crippen LogP contribution is 2.18. The average Bonchev–Trinajstić information content (AvgIpc) is 2.80. The van der Waals surface area contributed by atoms with Gasteiger partial charge in [0.2, 0.25) is 0 Å². The van der Waals surface area contributed by atoms with Crippen LogP contribution in [0.5, 0.6) is 0 Å². The van der Waals surface area contributed by atoms with Crippen LogP contribution in [0.3, 0.4) is 0 Å². The highest BCUT2D eigenvalue weighted by Gasteiger charge is 2.18. The van der Waals surface area contributed by atoms with Crippen molar-refractivity contribution in [2.75, 3.05) is 6.54 Å². The summed E-state index contributed by atoms with van der Waals surface area (Å²) in [6.07, 6.45) is 11.2. The second-order valence-corrected chi connectivity index (χ2v) is 3.01. The summed E-state index contributed by atoms with van der Waals surface area (Å²) in [6.45, 7) is 4.79. The first-order valence-electron chi connectivity index (χ1n) is 4.43. The van der Waals surface area contributed by atoms with Crippen LogP contribution in [0.15, 0.2) is 24.8 Å². The van der Waals surface area contributed by atoms with Gasteiger partial charge < -0.3 is 5.32 Å². The van der Waals surface area contributed by atoms with Gasteiger partial charge in [0, 0.05) is 6.04 Å². The lowest BCUT2D eigenvalue weighted by atomic mass is 10.3. The Morgan fingerprint density at radius 2 is 2.18 bits per heavy atom. The van der Waals surface area contributed by atoms with E-state index in [-0.39, 0.29) is 0 Å². The Kier molecular flexibility index (Phi) is 3.99. The molecule has 0 atom stereocenters. The van der Waals surface area contributed by atoms with Gasteiger partial charge in [-0.15, -0.1) is 6.58 Å². The minimum Gasteiger partial charge on any atom is -0.314 e. The first-order chi connectivity index (χ1) is 5.43. The Hall–Kier alpha value is -0.560. The summed E-state index contributed by atoms with van der Waals surface area (Å²) in [7, 11) is 0. The van der Waals surface area contributed by atoms with Crippen LogP contribution in [0.2, 0.25) is 0 Å². The van der Waals surface area contributed by atoms with Gasteiger partial charge in [0.25, 0.3) is 0 Å². The minimum atomic E-state index is 0.850. The third-order valence-corrected chi connectivity index (χ3v) is 1.79. The monoisotopic (exact) mass is 151 g/mol. The van der Waals surface area contributed by atoms with E-state index >= 15 is 0 Å². The van der Waals surface area contributed by atoms with Crippen molar-refractivity contribution >= 4 is 0 Å². The summed E-state index contributed by atoms with van der Waals surface area (Å²) in [6, 6.07) is 0.850. The van der Waals surface area contributed by atoms with E-state index in [2.05, 4.69) is 24.0 Å². The lowest BCUT2D eigenvalue weighted by Gasteiger charge is -1.96. The Balaban J connectivity index is 1.82. The third kappa shape index (κ3) is 4.79. The summed E-state index contributed by atoms with van der Waals surface area (Å²) in [5.41, 5.74) is 0. The molecule has 1 rings (SSSR count). The Morgan fingerprint density at radius 1 is 1.36 bits per heavy atom. The maximum atomic E-state index is 3.65. The second kappa shape index (κ2) is 5.14. The van der Waals surface area contributed by atoms with Crippen LogP contribution < -0.4 is 5.32 Å². The third-order valence-electron chi connectivity index (χ3n) is 1.79. The molecule has 0 amide bonds. The van der Waals surface area contributed by atoms with Crippen LogP contribution in [0.4, 0.5) is 0 Å². The van der Waals surface area contributed by atoms with Gasteiger partial charge in [-0.1, -0.05) is 18.2 Å². The van der Waals surface area contributed by atoms with Crippen LogP contribution in [0, 0.1) is 0 Å². The van der Waals surface area contributed by atoms with Crippen LogP contribution in [0.25, 0.3) is 0 Å². The molecule has 0 heterocycles. The van der Waals surface area contributed by atoms with Crippen LogP contribution in [-0.2, 0) is 0 Å². The molecule has 1 aliphatic rings. The SMILES string of the molecule is C=CCC=CCCNC1CC1. The molecule has 0 unspecified atom stereocenters. The minimum absolute atomic E-state index is 0.850. The second-order valence-electron chi connectivity index (χ2n) is 3.01.